The Morgan fingerprint density at radius 1 is 1.27 bits per heavy atom. The van der Waals surface area contributed by atoms with Gasteiger partial charge in [0, 0.05) is 18.3 Å². The topological polar surface area (TPSA) is 79.1 Å². The van der Waals surface area contributed by atoms with Gasteiger partial charge in [0.05, 0.1) is 34.5 Å². The Bertz CT molecular complexity index is 887. The van der Waals surface area contributed by atoms with Crippen LogP contribution >= 0.6 is 11.6 Å². The molecule has 0 saturated heterocycles. The second-order valence-corrected chi connectivity index (χ2v) is 7.03. The van der Waals surface area contributed by atoms with Crippen molar-refractivity contribution in [2.45, 2.75) is 44.4 Å². The third-order valence-electron chi connectivity index (χ3n) is 5.05. The van der Waals surface area contributed by atoms with Crippen molar-refractivity contribution in [2.75, 3.05) is 0 Å². The fourth-order valence-electron chi connectivity index (χ4n) is 3.67. The molecule has 1 aromatic carbocycles. The molecule has 1 saturated carbocycles. The molecule has 1 aliphatic carbocycles. The quantitative estimate of drug-likeness (QED) is 0.830. The molecule has 0 radical (unpaired) electrons. The molecule has 4 rings (SSSR count). The number of rotatable bonds is 3. The van der Waals surface area contributed by atoms with Crippen molar-refractivity contribution in [3.63, 3.8) is 0 Å². The lowest BCUT2D eigenvalue weighted by atomic mass is 9.92. The van der Waals surface area contributed by atoms with Gasteiger partial charge in [0.25, 0.3) is 5.91 Å². The lowest BCUT2D eigenvalue weighted by Crippen LogP contribution is -2.40. The molecule has 2 aliphatic rings. The molecule has 2 aromatic rings. The third-order valence-corrected chi connectivity index (χ3v) is 5.37. The molecular weight excluding hydrogens is 352 g/mol. The van der Waals surface area contributed by atoms with E-state index in [4.69, 9.17) is 21.6 Å². The van der Waals surface area contributed by atoms with Crippen LogP contribution in [0.2, 0.25) is 5.02 Å². The first-order chi connectivity index (χ1) is 12.7. The number of carbonyl (C=O) groups is 1. The Kier molecular flexibility index (Phi) is 4.48. The van der Waals surface area contributed by atoms with Crippen LogP contribution in [0.25, 0.3) is 0 Å². The highest BCUT2D eigenvalue weighted by molar-refractivity contribution is 6.31. The van der Waals surface area contributed by atoms with E-state index < -0.39 is 0 Å². The lowest BCUT2D eigenvalue weighted by molar-refractivity contribution is 0.0560. The maximum Gasteiger partial charge on any atom is 0.257 e. The van der Waals surface area contributed by atoms with Crippen LogP contribution in [0.15, 0.2) is 30.7 Å². The van der Waals surface area contributed by atoms with Crippen LogP contribution in [0.5, 0.6) is 5.75 Å². The summed E-state index contributed by atoms with van der Waals surface area (Å²) in [5.41, 5.74) is 1.88. The number of fused-ring (bicyclic) bond motifs is 1. The number of aromatic nitrogens is 2. The summed E-state index contributed by atoms with van der Waals surface area (Å²) >= 11 is 6.06. The van der Waals surface area contributed by atoms with E-state index >= 15 is 0 Å². The minimum atomic E-state index is 0.0313. The van der Waals surface area contributed by atoms with Gasteiger partial charge in [0.1, 0.15) is 18.1 Å². The summed E-state index contributed by atoms with van der Waals surface area (Å²) in [5.74, 6) is 0.709. The first-order valence-corrected chi connectivity index (χ1v) is 8.99. The maximum absolute atomic E-state index is 12.5. The number of nitriles is 1. The monoisotopic (exact) mass is 368 g/mol. The van der Waals surface area contributed by atoms with Crippen LogP contribution in [0.4, 0.5) is 0 Å². The van der Waals surface area contributed by atoms with Gasteiger partial charge < -0.3 is 9.64 Å². The van der Waals surface area contributed by atoms with Gasteiger partial charge in [-0.25, -0.2) is 9.97 Å². The largest absolute Gasteiger partial charge is 0.490 e. The normalized spacial score (nSPS) is 22.0. The molecule has 0 unspecified atom stereocenters. The fraction of sp³-hybridized carbons (Fsp3) is 0.368. The number of nitrogens with zero attached hydrogens (tertiary/aromatic N) is 4. The van der Waals surface area contributed by atoms with Crippen LogP contribution in [0.1, 0.15) is 47.3 Å². The van der Waals surface area contributed by atoms with Crippen LogP contribution in [0, 0.1) is 11.3 Å². The Morgan fingerprint density at radius 3 is 2.77 bits per heavy atom. The maximum atomic E-state index is 12.5. The summed E-state index contributed by atoms with van der Waals surface area (Å²) < 4.78 is 6.02. The third kappa shape index (κ3) is 3.11. The predicted molar refractivity (Wildman–Crippen MR) is 94.7 cm³/mol. The molecule has 2 heterocycles. The summed E-state index contributed by atoms with van der Waals surface area (Å²) in [6.07, 6.45) is 6.71. The first-order valence-electron chi connectivity index (χ1n) is 8.62. The van der Waals surface area contributed by atoms with Crippen LogP contribution in [0.3, 0.4) is 0 Å². The molecule has 6 nitrogen and oxygen atoms in total. The van der Waals surface area contributed by atoms with Crippen molar-refractivity contribution in [2.24, 2.45) is 0 Å². The van der Waals surface area contributed by atoms with E-state index in [1.165, 1.54) is 6.33 Å². The number of amides is 1. The molecule has 1 aliphatic heterocycles. The van der Waals surface area contributed by atoms with Gasteiger partial charge in [-0.2, -0.15) is 5.26 Å². The molecule has 0 spiro atoms. The van der Waals surface area contributed by atoms with E-state index in [2.05, 4.69) is 9.97 Å². The minimum absolute atomic E-state index is 0.0313. The van der Waals surface area contributed by atoms with Crippen LogP contribution in [-0.2, 0) is 6.54 Å². The van der Waals surface area contributed by atoms with Crippen molar-refractivity contribution in [3.8, 4) is 11.8 Å². The minimum Gasteiger partial charge on any atom is -0.490 e. The van der Waals surface area contributed by atoms with E-state index in [-0.39, 0.29) is 18.1 Å². The number of ether oxygens (including phenoxy) is 1. The lowest BCUT2D eigenvalue weighted by Gasteiger charge is -2.34. The number of carbonyl (C=O) groups excluding carboxylic acids is 1. The summed E-state index contributed by atoms with van der Waals surface area (Å²) in [7, 11) is 0. The predicted octanol–water partition coefficient (Wildman–Crippen LogP) is 3.35. The summed E-state index contributed by atoms with van der Waals surface area (Å²) in [6.45, 7) is 0.568. The zero-order valence-electron chi connectivity index (χ0n) is 14.1. The number of hydrogen-bond donors (Lipinski definition) is 0. The number of halogens is 1. The molecule has 1 amide bonds. The highest BCUT2D eigenvalue weighted by Gasteiger charge is 2.36. The Labute approximate surface area is 156 Å². The van der Waals surface area contributed by atoms with Crippen LogP contribution < -0.4 is 4.74 Å². The van der Waals surface area contributed by atoms with E-state index in [0.29, 0.717) is 28.4 Å². The van der Waals surface area contributed by atoms with Gasteiger partial charge in [-0.1, -0.05) is 11.6 Å². The molecule has 0 N–H and O–H groups in total. The van der Waals surface area contributed by atoms with Crippen molar-refractivity contribution in [1.82, 2.24) is 14.9 Å². The fourth-order valence-corrected chi connectivity index (χ4v) is 3.88. The Morgan fingerprint density at radius 2 is 2.08 bits per heavy atom. The van der Waals surface area contributed by atoms with Crippen molar-refractivity contribution < 1.29 is 9.53 Å². The highest BCUT2D eigenvalue weighted by atomic mass is 35.5. The summed E-state index contributed by atoms with van der Waals surface area (Å²) in [5, 5.41) is 9.34. The van der Waals surface area contributed by atoms with E-state index in [0.717, 1.165) is 31.4 Å². The van der Waals surface area contributed by atoms with Gasteiger partial charge in [-0.05, 0) is 37.8 Å². The SMILES string of the molecule is N#Cc1ccc(O[C@H]2CC[C@H](N3Cc4ncncc4C3=O)CC2)cc1Cl. The molecule has 26 heavy (non-hydrogen) atoms. The smallest absolute Gasteiger partial charge is 0.257 e. The van der Waals surface area contributed by atoms with Crippen LogP contribution in [-0.4, -0.2) is 32.9 Å². The number of hydrogen-bond acceptors (Lipinski definition) is 5. The van der Waals surface area contributed by atoms with Gasteiger partial charge in [-0.15, -0.1) is 0 Å². The molecule has 1 fully saturated rings. The average molecular weight is 369 g/mol. The van der Waals surface area contributed by atoms with Gasteiger partial charge in [0.15, 0.2) is 0 Å². The van der Waals surface area contributed by atoms with E-state index in [9.17, 15) is 4.79 Å². The average Bonchev–Trinajstić information content (AvgIpc) is 3.00. The summed E-state index contributed by atoms with van der Waals surface area (Å²) in [4.78, 5) is 22.6. The van der Waals surface area contributed by atoms with Gasteiger partial charge >= 0.3 is 0 Å². The number of benzene rings is 1. The second kappa shape index (κ2) is 6.93. The highest BCUT2D eigenvalue weighted by Crippen LogP contribution is 2.32. The molecule has 132 valence electrons. The van der Waals surface area contributed by atoms with Crippen molar-refractivity contribution in [1.29, 1.82) is 5.26 Å². The molecule has 7 heteroatoms. The molecule has 0 bridgehead atoms. The summed E-state index contributed by atoms with van der Waals surface area (Å²) in [6, 6.07) is 7.38. The Balaban J connectivity index is 1.36. The first kappa shape index (κ1) is 16.8. The zero-order chi connectivity index (χ0) is 18.1. The van der Waals surface area contributed by atoms with Crippen molar-refractivity contribution >= 4 is 17.5 Å². The standard InChI is InChI=1S/C19H17ClN4O2/c20-17-7-15(4-1-12(17)8-21)26-14-5-2-13(3-6-14)24-10-18-16(19(24)25)9-22-11-23-18/h1,4,7,9,11,13-14H,2-3,5-6,10H2/t13-,14-. The zero-order valence-corrected chi connectivity index (χ0v) is 14.8. The van der Waals surface area contributed by atoms with E-state index in [1.807, 2.05) is 11.0 Å². The van der Waals surface area contributed by atoms with Gasteiger partial charge in [-0.3, -0.25) is 4.79 Å². The molecule has 1 aromatic heterocycles. The molecular formula is C19H17ClN4O2. The van der Waals surface area contributed by atoms with Crippen molar-refractivity contribution in [3.05, 3.63) is 52.6 Å². The Hall–Kier alpha value is -2.65. The van der Waals surface area contributed by atoms with Gasteiger partial charge in [0.2, 0.25) is 0 Å². The molecule has 0 atom stereocenters. The van der Waals surface area contributed by atoms with E-state index in [1.54, 1.807) is 24.4 Å². The second-order valence-electron chi connectivity index (χ2n) is 6.62.